The maximum absolute atomic E-state index is 10.1. The smallest absolute Gasteiger partial charge is 0.119 e. The van der Waals surface area contributed by atoms with Gasteiger partial charge in [-0.1, -0.05) is 56.3 Å². The lowest BCUT2D eigenvalue weighted by Gasteiger charge is -2.20. The predicted molar refractivity (Wildman–Crippen MR) is 126 cm³/mol. The average Bonchev–Trinajstić information content (AvgIpc) is 2.73. The lowest BCUT2D eigenvalue weighted by molar-refractivity contribution is 0.261. The number of benzene rings is 2. The molecule has 0 saturated heterocycles. The molecule has 0 amide bonds. The van der Waals surface area contributed by atoms with E-state index < -0.39 is 0 Å². The largest absolute Gasteiger partial charge is 0.508 e. The van der Waals surface area contributed by atoms with Gasteiger partial charge >= 0.3 is 0 Å². The second-order valence-corrected chi connectivity index (χ2v) is 8.17. The minimum atomic E-state index is 0.283. The Balaban J connectivity index is 2.01. The zero-order chi connectivity index (χ0) is 21.5. The van der Waals surface area contributed by atoms with Gasteiger partial charge in [0.25, 0.3) is 0 Å². The van der Waals surface area contributed by atoms with Crippen molar-refractivity contribution in [3.63, 3.8) is 0 Å². The van der Waals surface area contributed by atoms with E-state index in [0.717, 1.165) is 36.3 Å². The number of hydrogen-bond acceptors (Lipinski definition) is 3. The Hall–Kier alpha value is -2.78. The number of nitrogens with zero attached hydrogens (tertiary/aromatic N) is 1. The van der Waals surface area contributed by atoms with E-state index in [1.54, 1.807) is 6.07 Å². The third-order valence-electron chi connectivity index (χ3n) is 5.40. The van der Waals surface area contributed by atoms with Crippen LogP contribution in [0.2, 0.25) is 0 Å². The van der Waals surface area contributed by atoms with Crippen LogP contribution in [0, 0.1) is 5.92 Å². The monoisotopic (exact) mass is 403 g/mol. The highest BCUT2D eigenvalue weighted by atomic mass is 16.5. The molecule has 0 spiro atoms. The van der Waals surface area contributed by atoms with Crippen LogP contribution in [0.5, 0.6) is 11.5 Å². The van der Waals surface area contributed by atoms with Crippen LogP contribution in [0.4, 0.5) is 0 Å². The second-order valence-electron chi connectivity index (χ2n) is 8.17. The van der Waals surface area contributed by atoms with Gasteiger partial charge in [-0.15, -0.1) is 0 Å². The number of rotatable bonds is 8. The lowest BCUT2D eigenvalue weighted by atomic mass is 9.85. The highest BCUT2D eigenvalue weighted by molar-refractivity contribution is 5.85. The summed E-state index contributed by atoms with van der Waals surface area (Å²) in [6.45, 7) is 5.99. The van der Waals surface area contributed by atoms with E-state index in [4.69, 9.17) is 4.74 Å². The second kappa shape index (κ2) is 10.3. The third kappa shape index (κ3) is 5.64. The van der Waals surface area contributed by atoms with Gasteiger partial charge in [0.1, 0.15) is 18.1 Å². The number of likely N-dealkylation sites (N-methyl/N-ethyl adjacent to an activating group) is 1. The fourth-order valence-corrected chi connectivity index (χ4v) is 3.72. The van der Waals surface area contributed by atoms with Gasteiger partial charge in [-0.05, 0) is 85.0 Å². The van der Waals surface area contributed by atoms with Crippen LogP contribution in [-0.4, -0.2) is 37.3 Å². The summed E-state index contributed by atoms with van der Waals surface area (Å²) in [6, 6.07) is 15.9. The zero-order valence-electron chi connectivity index (χ0n) is 18.6. The number of allylic oxidation sites excluding steroid dienone is 5. The van der Waals surface area contributed by atoms with Crippen LogP contribution in [0.25, 0.3) is 5.57 Å². The Morgan fingerprint density at radius 2 is 1.87 bits per heavy atom. The Morgan fingerprint density at radius 1 is 1.10 bits per heavy atom. The average molecular weight is 404 g/mol. The zero-order valence-corrected chi connectivity index (χ0v) is 18.6. The first kappa shape index (κ1) is 21.9. The van der Waals surface area contributed by atoms with Crippen LogP contribution < -0.4 is 4.74 Å². The molecule has 1 N–H and O–H groups in total. The van der Waals surface area contributed by atoms with Crippen molar-refractivity contribution >= 4 is 5.57 Å². The molecule has 0 aromatic heterocycles. The molecule has 1 aliphatic carbocycles. The molecule has 2 aromatic rings. The summed E-state index contributed by atoms with van der Waals surface area (Å²) in [5.41, 5.74) is 5.90. The summed E-state index contributed by atoms with van der Waals surface area (Å²) in [4.78, 5) is 2.11. The Labute approximate surface area is 181 Å². The normalized spacial score (nSPS) is 17.0. The van der Waals surface area contributed by atoms with E-state index >= 15 is 0 Å². The number of phenolic OH excluding ortho intramolecular Hbond substituents is 1. The number of hydrogen-bond donors (Lipinski definition) is 1. The van der Waals surface area contributed by atoms with Crippen molar-refractivity contribution in [2.24, 2.45) is 5.92 Å². The Kier molecular flexibility index (Phi) is 7.53. The van der Waals surface area contributed by atoms with Gasteiger partial charge in [-0.25, -0.2) is 0 Å². The summed E-state index contributed by atoms with van der Waals surface area (Å²) in [5, 5.41) is 10.1. The molecule has 0 bridgehead atoms. The molecule has 3 nitrogen and oxygen atoms in total. The predicted octanol–water partition coefficient (Wildman–Crippen LogP) is 6.07. The summed E-state index contributed by atoms with van der Waals surface area (Å²) in [6.07, 6.45) is 8.84. The third-order valence-corrected chi connectivity index (χ3v) is 5.40. The molecular weight excluding hydrogens is 370 g/mol. The van der Waals surface area contributed by atoms with Crippen molar-refractivity contribution in [2.75, 3.05) is 27.2 Å². The summed E-state index contributed by atoms with van der Waals surface area (Å²) in [5.74, 6) is 1.74. The fourth-order valence-electron chi connectivity index (χ4n) is 3.72. The minimum absolute atomic E-state index is 0.283. The molecule has 1 atom stereocenters. The van der Waals surface area contributed by atoms with Crippen molar-refractivity contribution in [1.82, 2.24) is 4.90 Å². The maximum Gasteiger partial charge on any atom is 0.119 e. The van der Waals surface area contributed by atoms with Crippen molar-refractivity contribution < 1.29 is 9.84 Å². The molecule has 2 aromatic carbocycles. The van der Waals surface area contributed by atoms with Crippen molar-refractivity contribution in [1.29, 1.82) is 0 Å². The standard InChI is InChI=1S/C27H33NO2/c1-5-26(21-11-9-20(2)10-12-21)27(23-7-6-8-24(29)19-23)22-13-15-25(16-14-22)30-18-17-28(3)4/h6-9,11-16,19-20,29H,5,10,17-18H2,1-4H3. The van der Waals surface area contributed by atoms with Crippen molar-refractivity contribution in [3.05, 3.63) is 89.0 Å². The first-order valence-corrected chi connectivity index (χ1v) is 10.8. The van der Waals surface area contributed by atoms with E-state index in [2.05, 4.69) is 55.2 Å². The number of phenols is 1. The SMILES string of the molecule is CCC(C1=CCC(C)C=C1)=C(c1ccc(OCCN(C)C)cc1)c1cccc(O)c1. The van der Waals surface area contributed by atoms with Gasteiger partial charge in [-0.2, -0.15) is 0 Å². The van der Waals surface area contributed by atoms with Gasteiger partial charge in [0, 0.05) is 6.54 Å². The van der Waals surface area contributed by atoms with E-state index in [0.29, 0.717) is 12.5 Å². The van der Waals surface area contributed by atoms with Gasteiger partial charge in [0.2, 0.25) is 0 Å². The van der Waals surface area contributed by atoms with Crippen LogP contribution in [0.15, 0.2) is 77.9 Å². The molecule has 0 aliphatic heterocycles. The molecule has 0 heterocycles. The quantitative estimate of drug-likeness (QED) is 0.581. The molecule has 3 rings (SSSR count). The molecule has 1 unspecified atom stereocenters. The highest BCUT2D eigenvalue weighted by Crippen LogP contribution is 2.36. The van der Waals surface area contributed by atoms with Crippen molar-refractivity contribution in [3.8, 4) is 11.5 Å². The Bertz CT molecular complexity index is 936. The first-order chi connectivity index (χ1) is 14.5. The van der Waals surface area contributed by atoms with E-state index in [1.165, 1.54) is 16.7 Å². The summed E-state index contributed by atoms with van der Waals surface area (Å²) >= 11 is 0. The lowest BCUT2D eigenvalue weighted by Crippen LogP contribution is -2.19. The molecule has 3 heteroatoms. The molecular formula is C27H33NO2. The van der Waals surface area contributed by atoms with Crippen LogP contribution in [0.3, 0.4) is 0 Å². The molecule has 0 radical (unpaired) electrons. The summed E-state index contributed by atoms with van der Waals surface area (Å²) < 4.78 is 5.87. The maximum atomic E-state index is 10.1. The molecule has 0 fully saturated rings. The fraction of sp³-hybridized carbons (Fsp3) is 0.333. The highest BCUT2D eigenvalue weighted by Gasteiger charge is 2.16. The first-order valence-electron chi connectivity index (χ1n) is 10.8. The summed E-state index contributed by atoms with van der Waals surface area (Å²) in [7, 11) is 4.08. The van der Waals surface area contributed by atoms with Gasteiger partial charge in [-0.3, -0.25) is 0 Å². The van der Waals surface area contributed by atoms with Gasteiger partial charge in [0.15, 0.2) is 0 Å². The van der Waals surface area contributed by atoms with Gasteiger partial charge < -0.3 is 14.7 Å². The van der Waals surface area contributed by atoms with Crippen LogP contribution in [-0.2, 0) is 0 Å². The van der Waals surface area contributed by atoms with Crippen LogP contribution >= 0.6 is 0 Å². The van der Waals surface area contributed by atoms with E-state index in [1.807, 2.05) is 38.4 Å². The van der Waals surface area contributed by atoms with Crippen molar-refractivity contribution in [2.45, 2.75) is 26.7 Å². The Morgan fingerprint density at radius 3 is 2.47 bits per heavy atom. The topological polar surface area (TPSA) is 32.7 Å². The number of aromatic hydroxyl groups is 1. The van der Waals surface area contributed by atoms with E-state index in [-0.39, 0.29) is 5.75 Å². The van der Waals surface area contributed by atoms with Crippen LogP contribution in [0.1, 0.15) is 37.8 Å². The number of ether oxygens (including phenoxy) is 1. The molecule has 0 saturated carbocycles. The molecule has 1 aliphatic rings. The molecule has 30 heavy (non-hydrogen) atoms. The molecule has 158 valence electrons. The van der Waals surface area contributed by atoms with Gasteiger partial charge in [0.05, 0.1) is 0 Å². The minimum Gasteiger partial charge on any atom is -0.508 e. The van der Waals surface area contributed by atoms with E-state index in [9.17, 15) is 5.11 Å².